The molecular weight excluding hydrogens is 236 g/mol. The van der Waals surface area contributed by atoms with Gasteiger partial charge in [0.1, 0.15) is 0 Å². The Balaban J connectivity index is 1.86. The third-order valence-electron chi connectivity index (χ3n) is 1.93. The molecule has 1 aliphatic heterocycles. The van der Waals surface area contributed by atoms with E-state index >= 15 is 0 Å². The summed E-state index contributed by atoms with van der Waals surface area (Å²) < 4.78 is 0.870. The second-order valence-corrected chi connectivity index (χ2v) is 6.09. The second-order valence-electron chi connectivity index (χ2n) is 3.15. The molecule has 0 spiro atoms. The highest BCUT2D eigenvalue weighted by Gasteiger charge is 2.14. The van der Waals surface area contributed by atoms with Crippen LogP contribution in [-0.4, -0.2) is 17.0 Å². The lowest BCUT2D eigenvalue weighted by molar-refractivity contribution is 0.917. The number of rotatable bonds is 2. The van der Waals surface area contributed by atoms with Gasteiger partial charge in [0.25, 0.3) is 0 Å². The first-order valence-electron chi connectivity index (χ1n) is 4.42. The lowest BCUT2D eigenvalue weighted by Crippen LogP contribution is -2.18. The van der Waals surface area contributed by atoms with Crippen molar-refractivity contribution in [3.63, 3.8) is 0 Å². The van der Waals surface area contributed by atoms with Crippen LogP contribution in [0, 0.1) is 0 Å². The topological polar surface area (TPSA) is 24.4 Å². The molecule has 0 aliphatic carbocycles. The van der Waals surface area contributed by atoms with Crippen molar-refractivity contribution in [2.24, 2.45) is 4.99 Å². The fourth-order valence-corrected chi connectivity index (χ4v) is 2.95. The molecule has 0 saturated carbocycles. The number of hydrogen-bond donors (Lipinski definition) is 1. The third kappa shape index (κ3) is 2.43. The Morgan fingerprint density at radius 2 is 2.57 bits per heavy atom. The Kier molecular flexibility index (Phi) is 3.36. The van der Waals surface area contributed by atoms with Crippen molar-refractivity contribution >= 4 is 39.9 Å². The summed E-state index contributed by atoms with van der Waals surface area (Å²) in [6.07, 6.45) is 0. The van der Waals surface area contributed by atoms with Crippen LogP contribution in [0.5, 0.6) is 0 Å². The molecule has 5 heteroatoms. The highest BCUT2D eigenvalue weighted by molar-refractivity contribution is 8.14. The maximum Gasteiger partial charge on any atom is 0.157 e. The maximum atomic E-state index is 5.99. The van der Waals surface area contributed by atoms with Gasteiger partial charge in [-0.2, -0.15) is 0 Å². The number of nitrogens with zero attached hydrogens (tertiary/aromatic N) is 1. The van der Waals surface area contributed by atoms with Gasteiger partial charge in [-0.05, 0) is 11.4 Å². The van der Waals surface area contributed by atoms with Crippen LogP contribution in [0.3, 0.4) is 0 Å². The number of thiophene rings is 1. The molecule has 2 nitrogen and oxygen atoms in total. The van der Waals surface area contributed by atoms with Crippen molar-refractivity contribution in [3.05, 3.63) is 21.3 Å². The van der Waals surface area contributed by atoms with Gasteiger partial charge >= 0.3 is 0 Å². The van der Waals surface area contributed by atoms with Crippen LogP contribution in [0.2, 0.25) is 4.34 Å². The Morgan fingerprint density at radius 3 is 3.14 bits per heavy atom. The number of aliphatic imine (C=N–C) groups is 1. The van der Waals surface area contributed by atoms with Crippen LogP contribution in [0.25, 0.3) is 0 Å². The Labute approximate surface area is 96.8 Å². The smallest absolute Gasteiger partial charge is 0.157 e. The van der Waals surface area contributed by atoms with Crippen LogP contribution in [0.1, 0.15) is 12.5 Å². The van der Waals surface area contributed by atoms with Crippen molar-refractivity contribution < 1.29 is 0 Å². The molecule has 1 N–H and O–H groups in total. The van der Waals surface area contributed by atoms with Crippen LogP contribution in [0.4, 0.5) is 0 Å². The fourth-order valence-electron chi connectivity index (χ4n) is 1.19. The molecule has 0 saturated heterocycles. The molecule has 0 bridgehead atoms. The van der Waals surface area contributed by atoms with Crippen molar-refractivity contribution in [3.8, 4) is 0 Å². The van der Waals surface area contributed by atoms with Crippen molar-refractivity contribution in [1.82, 2.24) is 5.32 Å². The van der Waals surface area contributed by atoms with E-state index in [0.717, 1.165) is 28.2 Å². The van der Waals surface area contributed by atoms with Crippen LogP contribution >= 0.6 is 34.7 Å². The van der Waals surface area contributed by atoms with E-state index in [9.17, 15) is 0 Å². The maximum absolute atomic E-state index is 5.99. The summed E-state index contributed by atoms with van der Waals surface area (Å²) in [5.74, 6) is 0. The summed E-state index contributed by atoms with van der Waals surface area (Å²) in [5.41, 5.74) is 1.15. The summed E-state index contributed by atoms with van der Waals surface area (Å²) in [6, 6.07) is 2.05. The first kappa shape index (κ1) is 10.3. The van der Waals surface area contributed by atoms with Crippen molar-refractivity contribution in [1.29, 1.82) is 0 Å². The SMILES string of the molecule is CC1CN=C(NCc2ccsc2Cl)S1. The summed E-state index contributed by atoms with van der Waals surface area (Å²) in [4.78, 5) is 4.37. The van der Waals surface area contributed by atoms with E-state index in [1.54, 1.807) is 23.1 Å². The Morgan fingerprint density at radius 1 is 1.71 bits per heavy atom. The molecule has 1 atom stereocenters. The van der Waals surface area contributed by atoms with E-state index < -0.39 is 0 Å². The molecule has 2 heterocycles. The van der Waals surface area contributed by atoms with Gasteiger partial charge < -0.3 is 5.32 Å². The van der Waals surface area contributed by atoms with Gasteiger partial charge in [-0.1, -0.05) is 30.3 Å². The zero-order chi connectivity index (χ0) is 9.97. The molecule has 1 aliphatic rings. The molecule has 0 amide bonds. The monoisotopic (exact) mass is 246 g/mol. The minimum Gasteiger partial charge on any atom is -0.361 e. The minimum atomic E-state index is 0.607. The third-order valence-corrected chi connectivity index (χ3v) is 4.23. The summed E-state index contributed by atoms with van der Waals surface area (Å²) >= 11 is 9.34. The Bertz CT molecular complexity index is 348. The number of nitrogens with one attached hydrogen (secondary N) is 1. The first-order valence-corrected chi connectivity index (χ1v) is 6.56. The quantitative estimate of drug-likeness (QED) is 0.868. The zero-order valence-electron chi connectivity index (χ0n) is 7.79. The number of halogens is 1. The van der Waals surface area contributed by atoms with Gasteiger partial charge in [0.15, 0.2) is 5.17 Å². The van der Waals surface area contributed by atoms with Gasteiger partial charge in [-0.3, -0.25) is 4.99 Å². The van der Waals surface area contributed by atoms with E-state index in [1.165, 1.54) is 0 Å². The van der Waals surface area contributed by atoms with E-state index in [1.807, 2.05) is 11.4 Å². The molecule has 0 aromatic carbocycles. The van der Waals surface area contributed by atoms with Crippen LogP contribution < -0.4 is 5.32 Å². The largest absolute Gasteiger partial charge is 0.361 e. The molecule has 1 aromatic heterocycles. The van der Waals surface area contributed by atoms with Gasteiger partial charge in [-0.15, -0.1) is 11.3 Å². The minimum absolute atomic E-state index is 0.607. The highest BCUT2D eigenvalue weighted by Crippen LogP contribution is 2.23. The molecule has 1 aromatic rings. The average molecular weight is 247 g/mol. The fraction of sp³-hybridized carbons (Fsp3) is 0.444. The number of hydrogen-bond acceptors (Lipinski definition) is 4. The second kappa shape index (κ2) is 4.55. The van der Waals surface area contributed by atoms with E-state index in [0.29, 0.717) is 5.25 Å². The number of amidine groups is 1. The molecule has 14 heavy (non-hydrogen) atoms. The lowest BCUT2D eigenvalue weighted by atomic mass is 10.3. The average Bonchev–Trinajstić information content (AvgIpc) is 2.72. The van der Waals surface area contributed by atoms with Gasteiger partial charge in [0.05, 0.1) is 10.9 Å². The Hall–Kier alpha value is -0.190. The molecular formula is C9H11ClN2S2. The number of thioether (sulfide) groups is 1. The standard InChI is InChI=1S/C9H11ClN2S2/c1-6-4-11-9(14-6)12-5-7-2-3-13-8(7)10/h2-3,6H,4-5H2,1H3,(H,11,12). The van der Waals surface area contributed by atoms with Crippen LogP contribution in [0.15, 0.2) is 16.4 Å². The molecule has 2 rings (SSSR count). The summed E-state index contributed by atoms with van der Waals surface area (Å²) in [5, 5.41) is 6.94. The van der Waals surface area contributed by atoms with Crippen molar-refractivity contribution in [2.45, 2.75) is 18.7 Å². The molecule has 1 unspecified atom stereocenters. The van der Waals surface area contributed by atoms with Gasteiger partial charge in [-0.25, -0.2) is 0 Å². The normalized spacial score (nSPS) is 21.0. The predicted molar refractivity (Wildman–Crippen MR) is 65.5 cm³/mol. The lowest BCUT2D eigenvalue weighted by Gasteiger charge is -2.04. The summed E-state index contributed by atoms with van der Waals surface area (Å²) in [6.45, 7) is 3.88. The van der Waals surface area contributed by atoms with E-state index in [4.69, 9.17) is 11.6 Å². The van der Waals surface area contributed by atoms with Crippen molar-refractivity contribution in [2.75, 3.05) is 6.54 Å². The van der Waals surface area contributed by atoms with Gasteiger partial charge in [0, 0.05) is 17.4 Å². The van der Waals surface area contributed by atoms with E-state index in [-0.39, 0.29) is 0 Å². The van der Waals surface area contributed by atoms with Gasteiger partial charge in [0.2, 0.25) is 0 Å². The first-order chi connectivity index (χ1) is 6.75. The molecule has 0 fully saturated rings. The van der Waals surface area contributed by atoms with E-state index in [2.05, 4.69) is 17.2 Å². The predicted octanol–water partition coefficient (Wildman–Crippen LogP) is 2.98. The van der Waals surface area contributed by atoms with Crippen LogP contribution in [-0.2, 0) is 6.54 Å². The zero-order valence-corrected chi connectivity index (χ0v) is 10.2. The highest BCUT2D eigenvalue weighted by atomic mass is 35.5. The molecule has 76 valence electrons. The molecule has 0 radical (unpaired) electrons. The summed E-state index contributed by atoms with van der Waals surface area (Å²) in [7, 11) is 0.